The number of hydrogen-bond acceptors (Lipinski definition) is 3. The molecule has 0 heterocycles. The zero-order valence-corrected chi connectivity index (χ0v) is 13.4. The number of aryl methyl sites for hydroxylation is 1. The van der Waals surface area contributed by atoms with Crippen LogP contribution in [-0.2, 0) is 9.59 Å². The largest absolute Gasteiger partial charge is 0.481 e. The van der Waals surface area contributed by atoms with Crippen LogP contribution in [0, 0.1) is 12.8 Å². The molecule has 0 bridgehead atoms. The minimum Gasteiger partial charge on any atom is -0.481 e. The van der Waals surface area contributed by atoms with Gasteiger partial charge in [-0.25, -0.2) is 4.79 Å². The molecule has 1 atom stereocenters. The summed E-state index contributed by atoms with van der Waals surface area (Å²) < 4.78 is 0.742. The van der Waals surface area contributed by atoms with Crippen LogP contribution in [0.2, 0.25) is 0 Å². The Bertz CT molecular complexity index is 560. The number of imide groups is 1. The second kappa shape index (κ2) is 7.78. The number of nitrogens with one attached hydrogen (secondary N) is 2. The molecule has 6 nitrogen and oxygen atoms in total. The molecule has 7 heteroatoms. The zero-order chi connectivity index (χ0) is 16.0. The quantitative estimate of drug-likeness (QED) is 0.755. The first kappa shape index (κ1) is 17.2. The van der Waals surface area contributed by atoms with Crippen LogP contribution in [0.3, 0.4) is 0 Å². The van der Waals surface area contributed by atoms with Crippen molar-refractivity contribution >= 4 is 39.5 Å². The second-order valence-corrected chi connectivity index (χ2v) is 5.64. The lowest BCUT2D eigenvalue weighted by atomic mass is 10.0. The van der Waals surface area contributed by atoms with Gasteiger partial charge in [-0.15, -0.1) is 0 Å². The fourth-order valence-corrected chi connectivity index (χ4v) is 2.13. The summed E-state index contributed by atoms with van der Waals surface area (Å²) in [5, 5.41) is 13.4. The molecule has 0 fully saturated rings. The molecule has 0 spiro atoms. The van der Waals surface area contributed by atoms with Gasteiger partial charge in [0.1, 0.15) is 0 Å². The number of amides is 3. The molecule has 0 aliphatic carbocycles. The van der Waals surface area contributed by atoms with E-state index in [2.05, 4.69) is 26.6 Å². The molecule has 0 radical (unpaired) electrons. The predicted molar refractivity (Wildman–Crippen MR) is 82.1 cm³/mol. The maximum Gasteiger partial charge on any atom is 0.325 e. The van der Waals surface area contributed by atoms with Crippen LogP contribution in [-0.4, -0.2) is 23.0 Å². The Hall–Kier alpha value is -1.89. The summed E-state index contributed by atoms with van der Waals surface area (Å²) in [4.78, 5) is 33.8. The van der Waals surface area contributed by atoms with E-state index < -0.39 is 17.9 Å². The minimum atomic E-state index is -0.969. The van der Waals surface area contributed by atoms with Crippen molar-refractivity contribution in [3.8, 4) is 0 Å². The molecule has 1 unspecified atom stereocenters. The number of aliphatic carboxylic acids is 1. The maximum absolute atomic E-state index is 11.7. The van der Waals surface area contributed by atoms with Crippen LogP contribution in [0.5, 0.6) is 0 Å². The molecule has 0 aliphatic heterocycles. The topological polar surface area (TPSA) is 95.5 Å². The first-order valence-corrected chi connectivity index (χ1v) is 7.16. The van der Waals surface area contributed by atoms with E-state index in [-0.39, 0.29) is 18.8 Å². The van der Waals surface area contributed by atoms with E-state index in [4.69, 9.17) is 5.11 Å². The highest BCUT2D eigenvalue weighted by Crippen LogP contribution is 2.25. The molecule has 114 valence electrons. The third kappa shape index (κ3) is 5.95. The van der Waals surface area contributed by atoms with Gasteiger partial charge < -0.3 is 10.4 Å². The van der Waals surface area contributed by atoms with Gasteiger partial charge in [0.25, 0.3) is 0 Å². The highest BCUT2D eigenvalue weighted by atomic mass is 79.9. The Labute approximate surface area is 131 Å². The van der Waals surface area contributed by atoms with Crippen LogP contribution in [0.15, 0.2) is 22.7 Å². The number of rotatable bonds is 5. The smallest absolute Gasteiger partial charge is 0.325 e. The molecule has 3 amide bonds. The van der Waals surface area contributed by atoms with E-state index in [1.165, 1.54) is 0 Å². The Morgan fingerprint density at radius 2 is 1.95 bits per heavy atom. The zero-order valence-electron chi connectivity index (χ0n) is 11.8. The van der Waals surface area contributed by atoms with E-state index >= 15 is 0 Å². The van der Waals surface area contributed by atoms with Gasteiger partial charge in [-0.3, -0.25) is 14.9 Å². The number of carboxylic acid groups (broad SMARTS) is 1. The van der Waals surface area contributed by atoms with Crippen molar-refractivity contribution in [3.05, 3.63) is 28.2 Å². The second-order valence-electron chi connectivity index (χ2n) is 4.85. The Balaban J connectivity index is 2.52. The van der Waals surface area contributed by atoms with Crippen LogP contribution < -0.4 is 10.6 Å². The summed E-state index contributed by atoms with van der Waals surface area (Å²) in [6.07, 6.45) is -0.132. The fraction of sp³-hybridized carbons (Fsp3) is 0.357. The van der Waals surface area contributed by atoms with Gasteiger partial charge in [-0.1, -0.05) is 19.1 Å². The third-order valence-electron chi connectivity index (χ3n) is 2.75. The highest BCUT2D eigenvalue weighted by molar-refractivity contribution is 9.10. The molecular formula is C14H17BrN2O4. The van der Waals surface area contributed by atoms with Crippen LogP contribution in [0.1, 0.15) is 25.3 Å². The van der Waals surface area contributed by atoms with E-state index in [0.29, 0.717) is 5.69 Å². The van der Waals surface area contributed by atoms with Crippen molar-refractivity contribution in [2.24, 2.45) is 5.92 Å². The van der Waals surface area contributed by atoms with E-state index in [1.807, 2.05) is 13.0 Å². The lowest BCUT2D eigenvalue weighted by molar-refractivity contribution is -0.138. The Morgan fingerprint density at radius 3 is 2.57 bits per heavy atom. The van der Waals surface area contributed by atoms with Gasteiger partial charge in [0.05, 0.1) is 5.69 Å². The van der Waals surface area contributed by atoms with Gasteiger partial charge in [0.2, 0.25) is 5.91 Å². The van der Waals surface area contributed by atoms with Gasteiger partial charge in [0.15, 0.2) is 0 Å². The molecule has 0 aliphatic rings. The van der Waals surface area contributed by atoms with E-state index in [0.717, 1.165) is 10.0 Å². The number of halogens is 1. The Morgan fingerprint density at radius 1 is 1.29 bits per heavy atom. The molecule has 3 N–H and O–H groups in total. The summed E-state index contributed by atoms with van der Waals surface area (Å²) in [5.74, 6) is -1.81. The standard InChI is InChI=1S/C14H17BrN2O4/c1-8(7-12(19)20)6-11(18)17-14(21)16-10-5-3-4-9(2)13(10)15/h3-5,8H,6-7H2,1-2H3,(H,19,20)(H2,16,17,18,21). The summed E-state index contributed by atoms with van der Waals surface area (Å²) in [6.45, 7) is 3.52. The van der Waals surface area contributed by atoms with Gasteiger partial charge >= 0.3 is 12.0 Å². The number of carbonyl (C=O) groups excluding carboxylic acids is 2. The van der Waals surface area contributed by atoms with Crippen molar-refractivity contribution in [1.82, 2.24) is 5.32 Å². The monoisotopic (exact) mass is 356 g/mol. The summed E-state index contributed by atoms with van der Waals surface area (Å²) >= 11 is 3.35. The number of anilines is 1. The average molecular weight is 357 g/mol. The highest BCUT2D eigenvalue weighted by Gasteiger charge is 2.15. The minimum absolute atomic E-state index is 0.0191. The lowest BCUT2D eigenvalue weighted by Crippen LogP contribution is -2.35. The number of carbonyl (C=O) groups is 3. The van der Waals surface area contributed by atoms with Crippen molar-refractivity contribution < 1.29 is 19.5 Å². The van der Waals surface area contributed by atoms with Gasteiger partial charge in [0, 0.05) is 17.3 Å². The number of benzene rings is 1. The SMILES string of the molecule is Cc1cccc(NC(=O)NC(=O)CC(C)CC(=O)O)c1Br. The summed E-state index contributed by atoms with van der Waals surface area (Å²) in [7, 11) is 0. The summed E-state index contributed by atoms with van der Waals surface area (Å²) in [5.41, 5.74) is 1.51. The van der Waals surface area contributed by atoms with Gasteiger partial charge in [-0.05, 0) is 40.4 Å². The van der Waals surface area contributed by atoms with E-state index in [9.17, 15) is 14.4 Å². The van der Waals surface area contributed by atoms with E-state index in [1.54, 1.807) is 19.1 Å². The number of hydrogen-bond donors (Lipinski definition) is 3. The molecule has 0 saturated carbocycles. The normalized spacial score (nSPS) is 11.6. The van der Waals surface area contributed by atoms with Crippen molar-refractivity contribution in [2.75, 3.05) is 5.32 Å². The molecule has 0 saturated heterocycles. The number of urea groups is 1. The molecule has 21 heavy (non-hydrogen) atoms. The first-order valence-electron chi connectivity index (χ1n) is 6.37. The maximum atomic E-state index is 11.7. The lowest BCUT2D eigenvalue weighted by Gasteiger charge is -2.11. The molecule has 1 rings (SSSR count). The number of carboxylic acids is 1. The first-order chi connectivity index (χ1) is 9.79. The molecule has 1 aromatic carbocycles. The van der Waals surface area contributed by atoms with Gasteiger partial charge in [-0.2, -0.15) is 0 Å². The van der Waals surface area contributed by atoms with Crippen molar-refractivity contribution in [3.63, 3.8) is 0 Å². The van der Waals surface area contributed by atoms with Crippen molar-refractivity contribution in [2.45, 2.75) is 26.7 Å². The van der Waals surface area contributed by atoms with Crippen LogP contribution in [0.25, 0.3) is 0 Å². The van der Waals surface area contributed by atoms with Crippen LogP contribution >= 0.6 is 15.9 Å². The molecular weight excluding hydrogens is 340 g/mol. The molecule has 0 aromatic heterocycles. The Kier molecular flexibility index (Phi) is 6.36. The van der Waals surface area contributed by atoms with Crippen LogP contribution in [0.4, 0.5) is 10.5 Å². The predicted octanol–water partition coefficient (Wildman–Crippen LogP) is 2.91. The van der Waals surface area contributed by atoms with Crippen molar-refractivity contribution in [1.29, 1.82) is 0 Å². The molecule has 1 aromatic rings. The average Bonchev–Trinajstić information content (AvgIpc) is 2.33. The summed E-state index contributed by atoms with van der Waals surface area (Å²) in [6, 6.07) is 4.72. The fourth-order valence-electron chi connectivity index (χ4n) is 1.76. The third-order valence-corrected chi connectivity index (χ3v) is 3.80.